The molecule has 1 aliphatic heterocycles. The summed E-state index contributed by atoms with van der Waals surface area (Å²) in [7, 11) is 0. The van der Waals surface area contributed by atoms with Crippen molar-refractivity contribution in [2.24, 2.45) is 0 Å². The molecule has 1 unspecified atom stereocenters. The topological polar surface area (TPSA) is 102 Å². The summed E-state index contributed by atoms with van der Waals surface area (Å²) in [6.45, 7) is 1.23. The van der Waals surface area contributed by atoms with Crippen molar-refractivity contribution < 1.29 is 19.4 Å². The molecule has 0 spiro atoms. The third kappa shape index (κ3) is 2.10. The average Bonchev–Trinajstić information content (AvgIpc) is 2.29. The molecule has 1 saturated heterocycles. The highest BCUT2D eigenvalue weighted by Gasteiger charge is 2.20. The van der Waals surface area contributed by atoms with Crippen LogP contribution in [0.2, 0.25) is 0 Å². The highest BCUT2D eigenvalue weighted by Crippen LogP contribution is 2.15. The summed E-state index contributed by atoms with van der Waals surface area (Å²) in [4.78, 5) is 28.2. The molecule has 0 radical (unpaired) electrons. The minimum Gasteiger partial charge on any atom is -0.477 e. The van der Waals surface area contributed by atoms with Gasteiger partial charge in [0.1, 0.15) is 17.5 Å². The zero-order valence-corrected chi connectivity index (χ0v) is 8.30. The maximum Gasteiger partial charge on any atom is 0.342 e. The van der Waals surface area contributed by atoms with Crippen LogP contribution in [0.1, 0.15) is 22.3 Å². The molecule has 0 bridgehead atoms. The maximum atomic E-state index is 11.4. The molecule has 1 aromatic heterocycles. The number of carboxylic acids is 1. The van der Waals surface area contributed by atoms with Crippen LogP contribution in [0.25, 0.3) is 0 Å². The largest absolute Gasteiger partial charge is 0.477 e. The van der Waals surface area contributed by atoms with E-state index in [0.717, 1.165) is 6.20 Å². The number of ether oxygens (including phenoxy) is 2. The van der Waals surface area contributed by atoms with E-state index in [-0.39, 0.29) is 11.4 Å². The first-order chi connectivity index (χ1) is 7.68. The maximum absolute atomic E-state index is 11.4. The van der Waals surface area contributed by atoms with Crippen molar-refractivity contribution in [1.82, 2.24) is 9.97 Å². The van der Waals surface area contributed by atoms with Gasteiger partial charge in [0.25, 0.3) is 5.56 Å². The Morgan fingerprint density at radius 1 is 1.56 bits per heavy atom. The van der Waals surface area contributed by atoms with E-state index in [2.05, 4.69) is 9.97 Å². The lowest BCUT2D eigenvalue weighted by Crippen LogP contribution is -2.27. The van der Waals surface area contributed by atoms with Crippen LogP contribution in [0.5, 0.6) is 0 Å². The van der Waals surface area contributed by atoms with Crippen LogP contribution in [0, 0.1) is 0 Å². The van der Waals surface area contributed by atoms with Crippen molar-refractivity contribution in [2.75, 3.05) is 19.8 Å². The second kappa shape index (κ2) is 4.42. The number of aromatic nitrogens is 2. The van der Waals surface area contributed by atoms with Crippen LogP contribution >= 0.6 is 0 Å². The fourth-order valence-corrected chi connectivity index (χ4v) is 1.37. The van der Waals surface area contributed by atoms with E-state index in [1.165, 1.54) is 0 Å². The monoisotopic (exact) mass is 226 g/mol. The number of H-pyrrole nitrogens is 1. The SMILES string of the molecule is O=C(O)c1cnc(C2COCCO2)[nH]c1=O. The molecule has 2 N–H and O–H groups in total. The van der Waals surface area contributed by atoms with Crippen LogP contribution in [0.15, 0.2) is 11.0 Å². The van der Waals surface area contributed by atoms with Gasteiger partial charge in [0, 0.05) is 6.20 Å². The highest BCUT2D eigenvalue weighted by atomic mass is 16.6. The number of nitrogens with zero attached hydrogens (tertiary/aromatic N) is 1. The Kier molecular flexibility index (Phi) is 2.97. The standard InChI is InChI=1S/C9H10N2O5/c12-8-5(9(13)14)3-10-7(11-8)6-4-15-1-2-16-6/h3,6H,1-2,4H2,(H,13,14)(H,10,11,12). The van der Waals surface area contributed by atoms with Gasteiger partial charge in [-0.3, -0.25) is 4.79 Å². The Balaban J connectivity index is 2.26. The van der Waals surface area contributed by atoms with Gasteiger partial charge in [-0.1, -0.05) is 0 Å². The lowest BCUT2D eigenvalue weighted by atomic mass is 10.3. The number of aromatic amines is 1. The van der Waals surface area contributed by atoms with E-state index in [1.54, 1.807) is 0 Å². The fraction of sp³-hybridized carbons (Fsp3) is 0.444. The van der Waals surface area contributed by atoms with Gasteiger partial charge < -0.3 is 19.6 Å². The average molecular weight is 226 g/mol. The van der Waals surface area contributed by atoms with Crippen LogP contribution in [-0.2, 0) is 9.47 Å². The molecule has 1 aromatic rings. The third-order valence-electron chi connectivity index (χ3n) is 2.17. The Morgan fingerprint density at radius 2 is 2.38 bits per heavy atom. The predicted octanol–water partition coefficient (Wildman–Crippen LogP) is -0.444. The molecular weight excluding hydrogens is 216 g/mol. The lowest BCUT2D eigenvalue weighted by Gasteiger charge is -2.21. The number of carboxylic acid groups (broad SMARTS) is 1. The van der Waals surface area contributed by atoms with Crippen LogP contribution in [0.4, 0.5) is 0 Å². The highest BCUT2D eigenvalue weighted by molar-refractivity contribution is 5.86. The smallest absolute Gasteiger partial charge is 0.342 e. The van der Waals surface area contributed by atoms with Gasteiger partial charge in [-0.2, -0.15) is 0 Å². The molecule has 16 heavy (non-hydrogen) atoms. The normalized spacial score (nSPS) is 20.6. The van der Waals surface area contributed by atoms with Gasteiger partial charge in [-0.25, -0.2) is 9.78 Å². The molecule has 0 amide bonds. The summed E-state index contributed by atoms with van der Waals surface area (Å²) in [5.41, 5.74) is -1.08. The Labute approximate surface area is 90.0 Å². The van der Waals surface area contributed by atoms with E-state index in [1.807, 2.05) is 0 Å². The third-order valence-corrected chi connectivity index (χ3v) is 2.17. The molecular formula is C9H10N2O5. The van der Waals surface area contributed by atoms with Gasteiger partial charge in [0.2, 0.25) is 0 Å². The second-order valence-electron chi connectivity index (χ2n) is 3.25. The number of hydrogen-bond acceptors (Lipinski definition) is 5. The quantitative estimate of drug-likeness (QED) is 0.708. The summed E-state index contributed by atoms with van der Waals surface area (Å²) in [6, 6.07) is 0. The zero-order valence-electron chi connectivity index (χ0n) is 8.30. The first-order valence-electron chi connectivity index (χ1n) is 4.70. The van der Waals surface area contributed by atoms with Gasteiger partial charge >= 0.3 is 5.97 Å². The van der Waals surface area contributed by atoms with Crippen LogP contribution < -0.4 is 5.56 Å². The minimum absolute atomic E-state index is 0.287. The molecule has 7 heteroatoms. The van der Waals surface area contributed by atoms with Crippen molar-refractivity contribution in [3.63, 3.8) is 0 Å². The summed E-state index contributed by atoms with van der Waals surface area (Å²) in [6.07, 6.45) is 0.582. The van der Waals surface area contributed by atoms with E-state index >= 15 is 0 Å². The van der Waals surface area contributed by atoms with Crippen molar-refractivity contribution in [1.29, 1.82) is 0 Å². The molecule has 1 atom stereocenters. The lowest BCUT2D eigenvalue weighted by molar-refractivity contribution is -0.0936. The first-order valence-corrected chi connectivity index (χ1v) is 4.70. The van der Waals surface area contributed by atoms with Crippen LogP contribution in [0.3, 0.4) is 0 Å². The van der Waals surface area contributed by atoms with E-state index < -0.39 is 17.6 Å². The molecule has 86 valence electrons. The Hall–Kier alpha value is -1.73. The minimum atomic E-state index is -1.30. The van der Waals surface area contributed by atoms with Gasteiger partial charge in [-0.15, -0.1) is 0 Å². The van der Waals surface area contributed by atoms with Crippen molar-refractivity contribution in [3.8, 4) is 0 Å². The van der Waals surface area contributed by atoms with E-state index in [4.69, 9.17) is 14.6 Å². The molecule has 0 saturated carbocycles. The number of aromatic carboxylic acids is 1. The van der Waals surface area contributed by atoms with Crippen LogP contribution in [-0.4, -0.2) is 40.9 Å². The predicted molar refractivity (Wildman–Crippen MR) is 51.3 cm³/mol. The summed E-state index contributed by atoms with van der Waals surface area (Å²) >= 11 is 0. The van der Waals surface area contributed by atoms with E-state index in [0.29, 0.717) is 19.8 Å². The fourth-order valence-electron chi connectivity index (χ4n) is 1.37. The molecule has 1 fully saturated rings. The Bertz CT molecular complexity index is 449. The molecule has 2 rings (SSSR count). The number of nitrogens with one attached hydrogen (secondary N) is 1. The first kappa shape index (κ1) is 10.8. The van der Waals surface area contributed by atoms with E-state index in [9.17, 15) is 9.59 Å². The molecule has 2 heterocycles. The summed E-state index contributed by atoms with van der Waals surface area (Å²) in [5, 5.41) is 8.65. The van der Waals surface area contributed by atoms with Crippen molar-refractivity contribution >= 4 is 5.97 Å². The number of hydrogen-bond donors (Lipinski definition) is 2. The number of rotatable bonds is 2. The van der Waals surface area contributed by atoms with Gasteiger partial charge in [0.15, 0.2) is 0 Å². The van der Waals surface area contributed by atoms with Crippen molar-refractivity contribution in [3.05, 3.63) is 27.9 Å². The van der Waals surface area contributed by atoms with Gasteiger partial charge in [-0.05, 0) is 0 Å². The number of carbonyl (C=O) groups is 1. The zero-order chi connectivity index (χ0) is 11.5. The second-order valence-corrected chi connectivity index (χ2v) is 3.25. The molecule has 0 aliphatic carbocycles. The van der Waals surface area contributed by atoms with Crippen molar-refractivity contribution in [2.45, 2.75) is 6.10 Å². The summed E-state index contributed by atoms with van der Waals surface area (Å²) < 4.78 is 10.5. The summed E-state index contributed by atoms with van der Waals surface area (Å²) in [5.74, 6) is -1.02. The molecule has 1 aliphatic rings. The molecule has 7 nitrogen and oxygen atoms in total. The Morgan fingerprint density at radius 3 is 2.94 bits per heavy atom. The molecule has 0 aromatic carbocycles. The van der Waals surface area contributed by atoms with Gasteiger partial charge in [0.05, 0.1) is 19.8 Å².